The Morgan fingerprint density at radius 2 is 1.61 bits per heavy atom. The van der Waals surface area contributed by atoms with Gasteiger partial charge >= 0.3 is 0 Å². The van der Waals surface area contributed by atoms with Gasteiger partial charge in [-0.1, -0.05) is 60.7 Å². The monoisotopic (exact) mass is 323 g/mol. The van der Waals surface area contributed by atoms with Crippen LogP contribution in [0.15, 0.2) is 72.4 Å². The molecule has 1 heterocycles. The molecule has 1 aromatic heterocycles. The summed E-state index contributed by atoms with van der Waals surface area (Å²) in [4.78, 5) is 16.0. The van der Waals surface area contributed by atoms with Crippen LogP contribution in [0.2, 0.25) is 0 Å². The molecule has 0 bridgehead atoms. The van der Waals surface area contributed by atoms with Gasteiger partial charge in [0.25, 0.3) is 0 Å². The number of rotatable bonds is 6. The maximum atomic E-state index is 12.1. The molecule has 0 atom stereocenters. The molecule has 2 aromatic carbocycles. The van der Waals surface area contributed by atoms with Gasteiger partial charge in [-0.3, -0.25) is 15.1 Å². The predicted molar refractivity (Wildman–Crippen MR) is 93.5 cm³/mol. The highest BCUT2D eigenvalue weighted by Crippen LogP contribution is 2.21. The fourth-order valence-corrected chi connectivity index (χ4v) is 2.90. The van der Waals surface area contributed by atoms with Crippen molar-refractivity contribution in [3.63, 3.8) is 0 Å². The zero-order valence-corrected chi connectivity index (χ0v) is 13.3. The molecule has 5 heteroatoms. The summed E-state index contributed by atoms with van der Waals surface area (Å²) in [5.41, 5.74) is 3.95. The van der Waals surface area contributed by atoms with Crippen molar-refractivity contribution in [2.24, 2.45) is 0 Å². The molecule has 0 saturated carbocycles. The first-order valence-corrected chi connectivity index (χ1v) is 8.22. The second kappa shape index (κ2) is 7.67. The molecule has 3 rings (SSSR count). The fraction of sp³-hybridized carbons (Fsp3) is 0.111. The number of nitrogens with one attached hydrogen (secondary N) is 2. The highest BCUT2D eigenvalue weighted by molar-refractivity contribution is 7.13. The number of anilines is 1. The van der Waals surface area contributed by atoms with Crippen molar-refractivity contribution in [1.29, 1.82) is 0 Å². The van der Waals surface area contributed by atoms with Gasteiger partial charge in [-0.05, 0) is 11.1 Å². The van der Waals surface area contributed by atoms with E-state index in [0.29, 0.717) is 0 Å². The first-order valence-electron chi connectivity index (χ1n) is 7.34. The van der Waals surface area contributed by atoms with Gasteiger partial charge < -0.3 is 5.32 Å². The molecular formula is C18H17N3OS. The Balaban J connectivity index is 1.71. The van der Waals surface area contributed by atoms with E-state index >= 15 is 0 Å². The van der Waals surface area contributed by atoms with Gasteiger partial charge in [0.1, 0.15) is 5.00 Å². The first kappa shape index (κ1) is 15.4. The molecular weight excluding hydrogens is 306 g/mol. The highest BCUT2D eigenvalue weighted by atomic mass is 32.1. The Morgan fingerprint density at radius 1 is 1.00 bits per heavy atom. The maximum Gasteiger partial charge on any atom is 0.239 e. The molecule has 0 unspecified atom stereocenters. The Labute approximate surface area is 139 Å². The van der Waals surface area contributed by atoms with Crippen molar-refractivity contribution in [3.05, 3.63) is 83.5 Å². The van der Waals surface area contributed by atoms with Gasteiger partial charge in [0.05, 0.1) is 24.3 Å². The summed E-state index contributed by atoms with van der Waals surface area (Å²) in [7, 11) is 0. The second-order valence-corrected chi connectivity index (χ2v) is 5.94. The normalized spacial score (nSPS) is 10.7. The van der Waals surface area contributed by atoms with Gasteiger partial charge in [-0.25, -0.2) is 0 Å². The van der Waals surface area contributed by atoms with E-state index in [1.54, 1.807) is 11.7 Å². The van der Waals surface area contributed by atoms with Crippen molar-refractivity contribution >= 4 is 22.2 Å². The second-order valence-electron chi connectivity index (χ2n) is 5.05. The topological polar surface area (TPSA) is 54.0 Å². The molecule has 3 aromatic rings. The number of aromatic nitrogens is 1. The standard InChI is InChI=1S/C18H17N3OS/c22-16(21-17-12-19-13-23-17)11-20-18(14-7-3-1-4-8-14)15-9-5-2-6-10-15/h1-10,12-13,18,20H,11H2,(H,21,22). The molecule has 116 valence electrons. The minimum absolute atomic E-state index is 0.0235. The molecule has 0 fully saturated rings. The van der Waals surface area contributed by atoms with E-state index in [1.165, 1.54) is 11.3 Å². The minimum atomic E-state index is -0.0777. The van der Waals surface area contributed by atoms with Crippen molar-refractivity contribution in [1.82, 2.24) is 10.3 Å². The van der Waals surface area contributed by atoms with E-state index in [9.17, 15) is 4.79 Å². The van der Waals surface area contributed by atoms with E-state index in [-0.39, 0.29) is 18.5 Å². The number of hydrogen-bond donors (Lipinski definition) is 2. The number of carbonyl (C=O) groups excluding carboxylic acids is 1. The molecule has 0 aliphatic carbocycles. The van der Waals surface area contributed by atoms with Crippen LogP contribution in [0.4, 0.5) is 5.00 Å². The Kier molecular flexibility index (Phi) is 5.13. The lowest BCUT2D eigenvalue weighted by atomic mass is 9.99. The first-order chi connectivity index (χ1) is 11.3. The van der Waals surface area contributed by atoms with Crippen LogP contribution in [0.5, 0.6) is 0 Å². The van der Waals surface area contributed by atoms with Crippen LogP contribution in [0.1, 0.15) is 17.2 Å². The van der Waals surface area contributed by atoms with Crippen LogP contribution >= 0.6 is 11.3 Å². The SMILES string of the molecule is O=C(CNC(c1ccccc1)c1ccccc1)Nc1cncs1. The van der Waals surface area contributed by atoms with Crippen molar-refractivity contribution in [3.8, 4) is 0 Å². The third-order valence-electron chi connectivity index (χ3n) is 3.43. The van der Waals surface area contributed by atoms with Crippen LogP contribution in [-0.2, 0) is 4.79 Å². The third kappa shape index (κ3) is 4.25. The summed E-state index contributed by atoms with van der Waals surface area (Å²) in [6, 6.07) is 20.2. The van der Waals surface area contributed by atoms with Crippen LogP contribution in [0, 0.1) is 0 Å². The largest absolute Gasteiger partial charge is 0.315 e. The Hall–Kier alpha value is -2.50. The summed E-state index contributed by atoms with van der Waals surface area (Å²) in [5, 5.41) is 6.93. The smallest absolute Gasteiger partial charge is 0.239 e. The number of amides is 1. The predicted octanol–water partition coefficient (Wildman–Crippen LogP) is 3.46. The number of carbonyl (C=O) groups is 1. The van der Waals surface area contributed by atoms with Gasteiger partial charge in [0, 0.05) is 0 Å². The number of thiazole rings is 1. The zero-order valence-electron chi connectivity index (χ0n) is 12.5. The fourth-order valence-electron chi connectivity index (χ4n) is 2.37. The van der Waals surface area contributed by atoms with Crippen LogP contribution in [-0.4, -0.2) is 17.4 Å². The van der Waals surface area contributed by atoms with Gasteiger partial charge in [-0.15, -0.1) is 11.3 Å². The summed E-state index contributed by atoms with van der Waals surface area (Å²) < 4.78 is 0. The van der Waals surface area contributed by atoms with E-state index in [1.807, 2.05) is 36.4 Å². The quantitative estimate of drug-likeness (QED) is 0.730. The molecule has 0 radical (unpaired) electrons. The van der Waals surface area contributed by atoms with Gasteiger partial charge in [0.15, 0.2) is 0 Å². The molecule has 1 amide bonds. The number of hydrogen-bond acceptors (Lipinski definition) is 4. The van der Waals surface area contributed by atoms with E-state index in [4.69, 9.17) is 0 Å². The lowest BCUT2D eigenvalue weighted by Gasteiger charge is -2.19. The molecule has 0 saturated heterocycles. The van der Waals surface area contributed by atoms with Crippen molar-refractivity contribution in [2.75, 3.05) is 11.9 Å². The lowest BCUT2D eigenvalue weighted by molar-refractivity contribution is -0.115. The summed E-state index contributed by atoms with van der Waals surface area (Å²) in [5.74, 6) is -0.0777. The van der Waals surface area contributed by atoms with Crippen molar-refractivity contribution in [2.45, 2.75) is 6.04 Å². The van der Waals surface area contributed by atoms with Gasteiger partial charge in [-0.2, -0.15) is 0 Å². The van der Waals surface area contributed by atoms with Gasteiger partial charge in [0.2, 0.25) is 5.91 Å². The third-order valence-corrected chi connectivity index (χ3v) is 4.12. The highest BCUT2D eigenvalue weighted by Gasteiger charge is 2.14. The van der Waals surface area contributed by atoms with E-state index < -0.39 is 0 Å². The summed E-state index contributed by atoms with van der Waals surface area (Å²) in [6.07, 6.45) is 1.65. The summed E-state index contributed by atoms with van der Waals surface area (Å²) in [6.45, 7) is 0.229. The van der Waals surface area contributed by atoms with Crippen LogP contribution < -0.4 is 10.6 Å². The molecule has 0 aliphatic rings. The van der Waals surface area contributed by atoms with E-state index in [0.717, 1.165) is 16.1 Å². The molecule has 23 heavy (non-hydrogen) atoms. The van der Waals surface area contributed by atoms with Crippen molar-refractivity contribution < 1.29 is 4.79 Å². The number of benzene rings is 2. The Bertz CT molecular complexity index is 690. The number of nitrogens with zero attached hydrogens (tertiary/aromatic N) is 1. The molecule has 4 nitrogen and oxygen atoms in total. The zero-order chi connectivity index (χ0) is 15.9. The van der Waals surface area contributed by atoms with Crippen LogP contribution in [0.3, 0.4) is 0 Å². The minimum Gasteiger partial charge on any atom is -0.315 e. The lowest BCUT2D eigenvalue weighted by Crippen LogP contribution is -2.31. The molecule has 2 N–H and O–H groups in total. The molecule has 0 aliphatic heterocycles. The van der Waals surface area contributed by atoms with Crippen LogP contribution in [0.25, 0.3) is 0 Å². The molecule has 0 spiro atoms. The maximum absolute atomic E-state index is 12.1. The Morgan fingerprint density at radius 3 is 2.13 bits per heavy atom. The van der Waals surface area contributed by atoms with E-state index in [2.05, 4.69) is 39.9 Å². The average Bonchev–Trinajstić information content (AvgIpc) is 3.10. The average molecular weight is 323 g/mol. The summed E-state index contributed by atoms with van der Waals surface area (Å²) >= 11 is 1.41.